The van der Waals surface area contributed by atoms with Crippen LogP contribution in [0, 0.1) is 0 Å². The van der Waals surface area contributed by atoms with E-state index in [1.807, 2.05) is 6.07 Å². The van der Waals surface area contributed by atoms with E-state index in [2.05, 4.69) is 25.5 Å². The molecule has 7 heteroatoms. The smallest absolute Gasteiger partial charge is 0.338 e. The van der Waals surface area contributed by atoms with E-state index < -0.39 is 5.97 Å². The second kappa shape index (κ2) is 5.57. The van der Waals surface area contributed by atoms with Gasteiger partial charge in [0, 0.05) is 16.0 Å². The molecule has 0 saturated heterocycles. The van der Waals surface area contributed by atoms with Crippen molar-refractivity contribution in [2.24, 2.45) is 0 Å². The summed E-state index contributed by atoms with van der Waals surface area (Å²) < 4.78 is 9.97. The first-order valence-corrected chi connectivity index (χ1v) is 6.50. The van der Waals surface area contributed by atoms with Gasteiger partial charge >= 0.3 is 5.97 Å². The predicted molar refractivity (Wildman–Crippen MR) is 68.2 cm³/mol. The van der Waals surface area contributed by atoms with Crippen LogP contribution in [-0.4, -0.2) is 15.6 Å². The minimum atomic E-state index is -0.421. The van der Waals surface area contributed by atoms with E-state index in [9.17, 15) is 4.79 Å². The summed E-state index contributed by atoms with van der Waals surface area (Å²) in [6.45, 7) is 0.0285. The first-order chi connectivity index (χ1) is 8.16. The van der Waals surface area contributed by atoms with Crippen molar-refractivity contribution in [2.45, 2.75) is 6.61 Å². The van der Waals surface area contributed by atoms with Crippen molar-refractivity contribution >= 4 is 45.0 Å². The zero-order valence-corrected chi connectivity index (χ0v) is 11.6. The lowest BCUT2D eigenvalue weighted by molar-refractivity contribution is 0.0468. The number of hydrogen-bond donors (Lipinski definition) is 0. The summed E-state index contributed by atoms with van der Waals surface area (Å²) in [7, 11) is 0. The quantitative estimate of drug-likeness (QED) is 0.809. The van der Waals surface area contributed by atoms with Crippen LogP contribution in [-0.2, 0) is 11.3 Å². The molecule has 0 radical (unpaired) electrons. The van der Waals surface area contributed by atoms with E-state index in [1.54, 1.807) is 18.2 Å². The Bertz CT molecular complexity index is 547. The summed E-state index contributed by atoms with van der Waals surface area (Å²) in [5, 5.41) is 3.75. The Morgan fingerprint density at radius 3 is 3.00 bits per heavy atom. The van der Waals surface area contributed by atoms with Crippen molar-refractivity contribution in [2.75, 3.05) is 0 Å². The molecule has 0 aliphatic heterocycles. The highest BCUT2D eigenvalue weighted by Gasteiger charge is 2.11. The van der Waals surface area contributed by atoms with E-state index in [1.165, 1.54) is 0 Å². The molecule has 4 nitrogen and oxygen atoms in total. The number of nitrogens with zero attached hydrogens (tertiary/aromatic N) is 2. The highest BCUT2D eigenvalue weighted by atomic mass is 79.9. The Balaban J connectivity index is 2.01. The third kappa shape index (κ3) is 3.24. The van der Waals surface area contributed by atoms with Crippen LogP contribution >= 0.6 is 39.1 Å². The molecule has 0 bridgehead atoms. The molecule has 0 amide bonds. The van der Waals surface area contributed by atoms with Crippen molar-refractivity contribution in [3.63, 3.8) is 0 Å². The van der Waals surface area contributed by atoms with Crippen molar-refractivity contribution in [3.8, 4) is 0 Å². The van der Waals surface area contributed by atoms with Crippen LogP contribution in [0.3, 0.4) is 0 Å². The van der Waals surface area contributed by atoms with E-state index in [0.717, 1.165) is 16.0 Å². The summed E-state index contributed by atoms with van der Waals surface area (Å²) in [5.74, 6) is -0.421. The number of benzene rings is 1. The van der Waals surface area contributed by atoms with Gasteiger partial charge in [-0.25, -0.2) is 4.79 Å². The minimum Gasteiger partial charge on any atom is -0.455 e. The van der Waals surface area contributed by atoms with Gasteiger partial charge in [-0.1, -0.05) is 38.1 Å². The molecular formula is C10H6BrClN2O2S. The number of hydrogen-bond acceptors (Lipinski definition) is 5. The number of carbonyl (C=O) groups excluding carboxylic acids is 1. The summed E-state index contributed by atoms with van der Waals surface area (Å²) in [5.41, 5.74) is 0.943. The second-order valence-electron chi connectivity index (χ2n) is 3.08. The molecule has 1 aromatic heterocycles. The van der Waals surface area contributed by atoms with Gasteiger partial charge in [-0.3, -0.25) is 0 Å². The Labute approximate surface area is 115 Å². The lowest BCUT2D eigenvalue weighted by Crippen LogP contribution is -2.05. The standard InChI is InChI=1S/C10H6BrClN2O2S/c11-7-3-1-2-6(4-7)10(15)16-5-8-9(12)17-14-13-8/h1-4H,5H2. The van der Waals surface area contributed by atoms with Crippen LogP contribution < -0.4 is 0 Å². The molecule has 0 aliphatic carbocycles. The second-order valence-corrected chi connectivity index (χ2v) is 5.35. The van der Waals surface area contributed by atoms with Gasteiger partial charge in [-0.2, -0.15) is 0 Å². The lowest BCUT2D eigenvalue weighted by Gasteiger charge is -2.03. The number of carbonyl (C=O) groups is 1. The van der Waals surface area contributed by atoms with Crippen molar-refractivity contribution in [3.05, 3.63) is 44.3 Å². The van der Waals surface area contributed by atoms with E-state index in [4.69, 9.17) is 16.3 Å². The first-order valence-electron chi connectivity index (χ1n) is 4.56. The average Bonchev–Trinajstić information content (AvgIpc) is 2.72. The fourth-order valence-corrected chi connectivity index (χ4v) is 2.12. The van der Waals surface area contributed by atoms with Gasteiger partial charge in [0.15, 0.2) is 0 Å². The third-order valence-corrected chi connectivity index (χ3v) is 3.39. The topological polar surface area (TPSA) is 52.1 Å². The van der Waals surface area contributed by atoms with Gasteiger partial charge in [0.2, 0.25) is 0 Å². The molecular weight excluding hydrogens is 328 g/mol. The van der Waals surface area contributed by atoms with Crippen LogP contribution in [0.5, 0.6) is 0 Å². The van der Waals surface area contributed by atoms with E-state index in [0.29, 0.717) is 15.6 Å². The maximum absolute atomic E-state index is 11.7. The number of rotatable bonds is 3. The monoisotopic (exact) mass is 332 g/mol. The largest absolute Gasteiger partial charge is 0.455 e. The Kier molecular flexibility index (Phi) is 4.09. The molecule has 0 N–H and O–H groups in total. The maximum Gasteiger partial charge on any atom is 0.338 e. The van der Waals surface area contributed by atoms with Gasteiger partial charge in [0.05, 0.1) is 5.56 Å². The molecule has 1 aromatic carbocycles. The lowest BCUT2D eigenvalue weighted by atomic mass is 10.2. The summed E-state index contributed by atoms with van der Waals surface area (Å²) >= 11 is 10.1. The van der Waals surface area contributed by atoms with E-state index >= 15 is 0 Å². The number of aromatic nitrogens is 2. The Hall–Kier alpha value is -0.980. The zero-order chi connectivity index (χ0) is 12.3. The Morgan fingerprint density at radius 1 is 1.53 bits per heavy atom. The van der Waals surface area contributed by atoms with Gasteiger partial charge in [0.1, 0.15) is 16.6 Å². The van der Waals surface area contributed by atoms with Gasteiger partial charge < -0.3 is 4.74 Å². The maximum atomic E-state index is 11.7. The summed E-state index contributed by atoms with van der Waals surface area (Å²) in [6, 6.07) is 6.95. The SMILES string of the molecule is O=C(OCc1nnsc1Cl)c1cccc(Br)c1. The average molecular weight is 334 g/mol. The molecule has 17 heavy (non-hydrogen) atoms. The normalized spacial score (nSPS) is 10.2. The van der Waals surface area contributed by atoms with Crippen molar-refractivity contribution in [1.82, 2.24) is 9.59 Å². The molecule has 0 aliphatic rings. The molecule has 0 atom stereocenters. The number of halogens is 2. The van der Waals surface area contributed by atoms with Crippen LogP contribution in [0.2, 0.25) is 4.34 Å². The fourth-order valence-electron chi connectivity index (χ4n) is 1.12. The van der Waals surface area contributed by atoms with E-state index in [-0.39, 0.29) is 6.61 Å². The molecule has 2 rings (SSSR count). The summed E-state index contributed by atoms with van der Waals surface area (Å²) in [4.78, 5) is 11.7. The van der Waals surface area contributed by atoms with Crippen LogP contribution in [0.25, 0.3) is 0 Å². The predicted octanol–water partition coefficient (Wildman–Crippen LogP) is 3.31. The van der Waals surface area contributed by atoms with Crippen LogP contribution in [0.4, 0.5) is 0 Å². The van der Waals surface area contributed by atoms with Gasteiger partial charge in [0.25, 0.3) is 0 Å². The summed E-state index contributed by atoms with van der Waals surface area (Å²) in [6.07, 6.45) is 0. The first kappa shape index (κ1) is 12.5. The van der Waals surface area contributed by atoms with Crippen molar-refractivity contribution in [1.29, 1.82) is 0 Å². The fraction of sp³-hybridized carbons (Fsp3) is 0.100. The van der Waals surface area contributed by atoms with Crippen LogP contribution in [0.15, 0.2) is 28.7 Å². The minimum absolute atomic E-state index is 0.0285. The molecule has 1 heterocycles. The zero-order valence-electron chi connectivity index (χ0n) is 8.39. The molecule has 0 unspecified atom stereocenters. The van der Waals surface area contributed by atoms with Crippen LogP contribution in [0.1, 0.15) is 16.1 Å². The third-order valence-electron chi connectivity index (χ3n) is 1.91. The molecule has 88 valence electrons. The van der Waals surface area contributed by atoms with Crippen molar-refractivity contribution < 1.29 is 9.53 Å². The molecule has 0 fully saturated rings. The number of ether oxygens (including phenoxy) is 1. The molecule has 2 aromatic rings. The Morgan fingerprint density at radius 2 is 2.35 bits per heavy atom. The number of esters is 1. The molecule has 0 spiro atoms. The van der Waals surface area contributed by atoms with Gasteiger partial charge in [-0.05, 0) is 18.2 Å². The van der Waals surface area contributed by atoms with Gasteiger partial charge in [-0.15, -0.1) is 5.10 Å². The highest BCUT2D eigenvalue weighted by Crippen LogP contribution is 2.19. The highest BCUT2D eigenvalue weighted by molar-refractivity contribution is 9.10. The molecule has 0 saturated carbocycles.